The zero-order chi connectivity index (χ0) is 13.2. The van der Waals surface area contributed by atoms with Gasteiger partial charge in [-0.3, -0.25) is 4.79 Å². The van der Waals surface area contributed by atoms with Crippen LogP contribution >= 0.6 is 0 Å². The molecule has 17 heavy (non-hydrogen) atoms. The van der Waals surface area contributed by atoms with Crippen LogP contribution < -0.4 is 5.73 Å². The maximum Gasteiger partial charge on any atom is 0.310 e. The van der Waals surface area contributed by atoms with Crippen molar-refractivity contribution in [3.05, 3.63) is 0 Å². The van der Waals surface area contributed by atoms with Crippen LogP contribution in [0.5, 0.6) is 0 Å². The minimum Gasteiger partial charge on any atom is -0.462 e. The summed E-state index contributed by atoms with van der Waals surface area (Å²) >= 11 is 0. The van der Waals surface area contributed by atoms with Gasteiger partial charge in [-0.1, -0.05) is 27.7 Å². The van der Waals surface area contributed by atoms with E-state index in [4.69, 9.17) is 10.5 Å². The van der Waals surface area contributed by atoms with Crippen molar-refractivity contribution in [3.8, 4) is 0 Å². The number of carbonyl (C=O) groups is 1. The Morgan fingerprint density at radius 3 is 2.41 bits per heavy atom. The Hall–Kier alpha value is -0.570. The van der Waals surface area contributed by atoms with Gasteiger partial charge in [0.2, 0.25) is 0 Å². The number of ether oxygens (including phenoxy) is 1. The molecular formula is C14H27NO2. The third kappa shape index (κ3) is 4.30. The molecule has 1 fully saturated rings. The molecule has 0 aromatic rings. The van der Waals surface area contributed by atoms with Gasteiger partial charge in [0, 0.05) is 6.04 Å². The molecule has 0 spiro atoms. The van der Waals surface area contributed by atoms with Crippen LogP contribution in [-0.4, -0.2) is 18.1 Å². The van der Waals surface area contributed by atoms with Crippen LogP contribution in [0.15, 0.2) is 0 Å². The summed E-state index contributed by atoms with van der Waals surface area (Å²) in [7, 11) is 0. The molecule has 4 unspecified atom stereocenters. The van der Waals surface area contributed by atoms with Gasteiger partial charge in [0.25, 0.3) is 0 Å². The maximum atomic E-state index is 11.9. The fourth-order valence-corrected chi connectivity index (χ4v) is 2.83. The average molecular weight is 241 g/mol. The molecule has 3 heteroatoms. The molecule has 0 amide bonds. The van der Waals surface area contributed by atoms with Crippen LogP contribution in [0, 0.1) is 17.3 Å². The summed E-state index contributed by atoms with van der Waals surface area (Å²) in [6, 6.07) is -0.142. The summed E-state index contributed by atoms with van der Waals surface area (Å²) in [5.41, 5.74) is 6.00. The number of hydrogen-bond donors (Lipinski definition) is 1. The second-order valence-corrected chi connectivity index (χ2v) is 6.62. The van der Waals surface area contributed by atoms with Crippen LogP contribution in [0.2, 0.25) is 0 Å². The number of carbonyl (C=O) groups excluding carboxylic acids is 1. The molecule has 4 atom stereocenters. The lowest BCUT2D eigenvalue weighted by Crippen LogP contribution is -2.38. The van der Waals surface area contributed by atoms with Gasteiger partial charge in [-0.25, -0.2) is 0 Å². The summed E-state index contributed by atoms with van der Waals surface area (Å²) in [5, 5.41) is 0. The zero-order valence-electron chi connectivity index (χ0n) is 11.8. The molecule has 0 aromatic heterocycles. The summed E-state index contributed by atoms with van der Waals surface area (Å²) < 4.78 is 5.60. The summed E-state index contributed by atoms with van der Waals surface area (Å²) in [5.74, 6) is 0.271. The summed E-state index contributed by atoms with van der Waals surface area (Å²) in [4.78, 5) is 11.9. The van der Waals surface area contributed by atoms with Crippen molar-refractivity contribution < 1.29 is 9.53 Å². The van der Waals surface area contributed by atoms with Crippen LogP contribution in [-0.2, 0) is 9.53 Å². The van der Waals surface area contributed by atoms with E-state index in [0.717, 1.165) is 12.8 Å². The lowest BCUT2D eigenvalue weighted by atomic mass is 9.71. The molecule has 100 valence electrons. The molecule has 0 bridgehead atoms. The van der Waals surface area contributed by atoms with Crippen molar-refractivity contribution in [1.82, 2.24) is 0 Å². The third-order valence-electron chi connectivity index (χ3n) is 3.79. The molecule has 0 radical (unpaired) electrons. The predicted molar refractivity (Wildman–Crippen MR) is 69.5 cm³/mol. The van der Waals surface area contributed by atoms with Crippen molar-refractivity contribution >= 4 is 5.97 Å². The number of rotatable bonds is 3. The van der Waals surface area contributed by atoms with E-state index in [1.807, 2.05) is 13.8 Å². The van der Waals surface area contributed by atoms with Crippen LogP contribution in [0.4, 0.5) is 0 Å². The topological polar surface area (TPSA) is 52.3 Å². The quantitative estimate of drug-likeness (QED) is 0.773. The van der Waals surface area contributed by atoms with Gasteiger partial charge in [-0.15, -0.1) is 0 Å². The first kappa shape index (κ1) is 14.5. The van der Waals surface area contributed by atoms with E-state index < -0.39 is 0 Å². The minimum absolute atomic E-state index is 0.0717. The van der Waals surface area contributed by atoms with E-state index in [0.29, 0.717) is 5.92 Å². The number of hydrogen-bond acceptors (Lipinski definition) is 3. The molecule has 1 rings (SSSR count). The monoisotopic (exact) mass is 241 g/mol. The van der Waals surface area contributed by atoms with Crippen molar-refractivity contribution in [1.29, 1.82) is 0 Å². The Morgan fingerprint density at radius 2 is 1.94 bits per heavy atom. The van der Waals surface area contributed by atoms with Crippen molar-refractivity contribution in [2.45, 2.75) is 66.0 Å². The van der Waals surface area contributed by atoms with Gasteiger partial charge in [0.05, 0.1) is 5.92 Å². The molecule has 0 heterocycles. The van der Waals surface area contributed by atoms with Crippen LogP contribution in [0.3, 0.4) is 0 Å². The summed E-state index contributed by atoms with van der Waals surface area (Å²) in [6.45, 7) is 10.4. The highest BCUT2D eigenvalue weighted by molar-refractivity contribution is 5.73. The van der Waals surface area contributed by atoms with E-state index in [-0.39, 0.29) is 29.4 Å². The zero-order valence-corrected chi connectivity index (χ0v) is 11.8. The summed E-state index contributed by atoms with van der Waals surface area (Å²) in [6.07, 6.45) is 3.24. The molecule has 1 aliphatic carbocycles. The molecule has 0 saturated heterocycles. The van der Waals surface area contributed by atoms with Crippen molar-refractivity contribution in [3.63, 3.8) is 0 Å². The van der Waals surface area contributed by atoms with E-state index in [2.05, 4.69) is 20.8 Å². The predicted octanol–water partition coefficient (Wildman–Crippen LogP) is 2.73. The van der Waals surface area contributed by atoms with Gasteiger partial charge in [0.15, 0.2) is 0 Å². The molecule has 1 aliphatic rings. The molecule has 2 N–H and O–H groups in total. The fraction of sp³-hybridized carbons (Fsp3) is 0.929. The Balaban J connectivity index is 2.54. The van der Waals surface area contributed by atoms with Gasteiger partial charge >= 0.3 is 5.97 Å². The Labute approximate surface area is 105 Å². The highest BCUT2D eigenvalue weighted by atomic mass is 16.5. The first-order valence-electron chi connectivity index (χ1n) is 6.67. The van der Waals surface area contributed by atoms with Crippen LogP contribution in [0.25, 0.3) is 0 Å². The lowest BCUT2D eigenvalue weighted by Gasteiger charge is -2.38. The fourth-order valence-electron chi connectivity index (χ4n) is 2.83. The Morgan fingerprint density at radius 1 is 1.35 bits per heavy atom. The lowest BCUT2D eigenvalue weighted by molar-refractivity contribution is -0.158. The van der Waals surface area contributed by atoms with Crippen molar-refractivity contribution in [2.24, 2.45) is 23.0 Å². The van der Waals surface area contributed by atoms with Gasteiger partial charge in [0.1, 0.15) is 6.10 Å². The third-order valence-corrected chi connectivity index (χ3v) is 3.79. The highest BCUT2D eigenvalue weighted by Gasteiger charge is 2.34. The van der Waals surface area contributed by atoms with Gasteiger partial charge < -0.3 is 10.5 Å². The minimum atomic E-state index is -0.213. The standard InChI is InChI=1S/C14H27NO2/c1-9-6-12(8-14(4,5)7-9)17-13(16)10(2)11(3)15/h9-12H,6-8,15H2,1-5H3. The second-order valence-electron chi connectivity index (χ2n) is 6.62. The first-order valence-corrected chi connectivity index (χ1v) is 6.67. The molecule has 0 aromatic carbocycles. The van der Waals surface area contributed by atoms with E-state index in [1.165, 1.54) is 6.42 Å². The average Bonchev–Trinajstić information content (AvgIpc) is 2.12. The van der Waals surface area contributed by atoms with Gasteiger partial charge in [-0.05, 0) is 37.5 Å². The Kier molecular flexibility index (Phi) is 4.59. The van der Waals surface area contributed by atoms with Crippen molar-refractivity contribution in [2.75, 3.05) is 0 Å². The van der Waals surface area contributed by atoms with Crippen LogP contribution in [0.1, 0.15) is 53.9 Å². The maximum absolute atomic E-state index is 11.9. The smallest absolute Gasteiger partial charge is 0.310 e. The largest absolute Gasteiger partial charge is 0.462 e. The molecule has 3 nitrogen and oxygen atoms in total. The molecular weight excluding hydrogens is 214 g/mol. The normalized spacial score (nSPS) is 31.6. The first-order chi connectivity index (χ1) is 7.71. The number of nitrogens with two attached hydrogens (primary N) is 1. The van der Waals surface area contributed by atoms with E-state index in [9.17, 15) is 4.79 Å². The van der Waals surface area contributed by atoms with E-state index in [1.54, 1.807) is 0 Å². The van der Waals surface area contributed by atoms with Gasteiger partial charge in [-0.2, -0.15) is 0 Å². The molecule has 0 aliphatic heterocycles. The SMILES string of the molecule is CC1CC(OC(=O)C(C)C(C)N)CC(C)(C)C1. The van der Waals surface area contributed by atoms with E-state index >= 15 is 0 Å². The Bertz CT molecular complexity index is 273. The number of esters is 1. The highest BCUT2D eigenvalue weighted by Crippen LogP contribution is 2.39. The second kappa shape index (κ2) is 5.38. The molecule has 1 saturated carbocycles.